The van der Waals surface area contributed by atoms with E-state index in [1.165, 1.54) is 20.6 Å². The molecule has 0 aliphatic carbocycles. The van der Waals surface area contributed by atoms with Gasteiger partial charge in [0.05, 0.1) is 24.2 Å². The number of fused-ring (bicyclic) bond motifs is 1. The summed E-state index contributed by atoms with van der Waals surface area (Å²) < 4.78 is 3.22. The summed E-state index contributed by atoms with van der Waals surface area (Å²) in [6.45, 7) is 5.20. The number of benzene rings is 2. The first-order valence-corrected chi connectivity index (χ1v) is 15.4. The van der Waals surface area contributed by atoms with Gasteiger partial charge in [0.15, 0.2) is 5.52 Å². The number of piperidine rings is 1. The molecule has 8 nitrogen and oxygen atoms in total. The largest absolute Gasteiger partial charge is 0.388 e. The number of likely N-dealkylation sites (tertiary alicyclic amines) is 1. The second-order valence-electron chi connectivity index (χ2n) is 11.4. The number of aliphatic hydroxyl groups is 1. The SMILES string of the molecule is CNCc1ccc(-c2c3ncn(CC4(O)CCN(Cc5ccc(-c6cc(C)cs6)cc5Cl)CC4)c(=O)c3nn2C)cc1. The molecule has 6 rings (SSSR count). The Morgan fingerprint density at radius 2 is 1.81 bits per heavy atom. The van der Waals surface area contributed by atoms with Crippen LogP contribution >= 0.6 is 22.9 Å². The van der Waals surface area contributed by atoms with Gasteiger partial charge in [0.2, 0.25) is 0 Å². The molecular weight excluding hydrogens is 568 g/mol. The van der Waals surface area contributed by atoms with Crippen LogP contribution in [-0.2, 0) is 26.7 Å². The summed E-state index contributed by atoms with van der Waals surface area (Å²) in [5.41, 5.74) is 6.03. The summed E-state index contributed by atoms with van der Waals surface area (Å²) in [5.74, 6) is 0. The lowest BCUT2D eigenvalue weighted by atomic mass is 9.91. The summed E-state index contributed by atoms with van der Waals surface area (Å²) >= 11 is 8.40. The fourth-order valence-corrected chi connectivity index (χ4v) is 6.91. The molecule has 3 aromatic heterocycles. The molecule has 1 aliphatic heterocycles. The quantitative estimate of drug-likeness (QED) is 0.253. The van der Waals surface area contributed by atoms with Crippen molar-refractivity contribution in [1.29, 1.82) is 0 Å². The zero-order chi connectivity index (χ0) is 29.4. The van der Waals surface area contributed by atoms with Crippen molar-refractivity contribution in [3.05, 3.63) is 92.3 Å². The number of hydrogen-bond donors (Lipinski definition) is 2. The first-order chi connectivity index (χ1) is 20.2. The molecule has 1 aliphatic rings. The van der Waals surface area contributed by atoms with Gasteiger partial charge >= 0.3 is 0 Å². The molecule has 0 saturated carbocycles. The number of hydrogen-bond acceptors (Lipinski definition) is 7. The van der Waals surface area contributed by atoms with E-state index in [0.29, 0.717) is 37.0 Å². The molecule has 1 saturated heterocycles. The van der Waals surface area contributed by atoms with Crippen LogP contribution in [0.3, 0.4) is 0 Å². The van der Waals surface area contributed by atoms with E-state index in [1.54, 1.807) is 22.3 Å². The maximum absolute atomic E-state index is 13.5. The van der Waals surface area contributed by atoms with E-state index in [4.69, 9.17) is 11.6 Å². The Labute approximate surface area is 254 Å². The van der Waals surface area contributed by atoms with Gasteiger partial charge in [-0.15, -0.1) is 11.3 Å². The van der Waals surface area contributed by atoms with E-state index in [0.717, 1.165) is 40.5 Å². The number of thiophene rings is 1. The van der Waals surface area contributed by atoms with Crippen molar-refractivity contribution in [1.82, 2.24) is 29.5 Å². The number of nitrogens with one attached hydrogen (secondary N) is 1. The van der Waals surface area contributed by atoms with E-state index >= 15 is 0 Å². The van der Waals surface area contributed by atoms with Gasteiger partial charge in [-0.1, -0.05) is 48.0 Å². The van der Waals surface area contributed by atoms with Crippen molar-refractivity contribution in [2.45, 2.75) is 45.0 Å². The predicted molar refractivity (Wildman–Crippen MR) is 170 cm³/mol. The summed E-state index contributed by atoms with van der Waals surface area (Å²) in [6, 6.07) is 16.6. The second-order valence-corrected chi connectivity index (χ2v) is 12.7. The Kier molecular flexibility index (Phi) is 8.04. The van der Waals surface area contributed by atoms with E-state index in [9.17, 15) is 9.90 Å². The number of nitrogens with zero attached hydrogens (tertiary/aromatic N) is 5. The molecule has 0 bridgehead atoms. The standard InChI is InChI=1S/C32H35ClN6O2S/c1-21-14-27(42-18-21)24-8-9-25(26(33)15-24)17-38-12-10-32(41,11-13-38)19-39-20-35-28-29(31(39)40)36-37(3)30(28)23-6-4-22(5-7-23)16-34-2/h4-9,14-15,18,20,34,41H,10-13,16-17,19H2,1-3H3. The molecule has 2 aromatic carbocycles. The van der Waals surface area contributed by atoms with Gasteiger partial charge in [0.25, 0.3) is 5.56 Å². The van der Waals surface area contributed by atoms with Crippen LogP contribution in [0.4, 0.5) is 0 Å². The lowest BCUT2D eigenvalue weighted by molar-refractivity contribution is -0.0364. The molecule has 1 fully saturated rings. The molecule has 10 heteroatoms. The van der Waals surface area contributed by atoms with Gasteiger partial charge in [0, 0.05) is 48.7 Å². The monoisotopic (exact) mass is 602 g/mol. The lowest BCUT2D eigenvalue weighted by Gasteiger charge is -2.38. The molecule has 0 radical (unpaired) electrons. The van der Waals surface area contributed by atoms with Crippen LogP contribution in [0.1, 0.15) is 29.5 Å². The van der Waals surface area contributed by atoms with Crippen LogP contribution in [0.2, 0.25) is 5.02 Å². The lowest BCUT2D eigenvalue weighted by Crippen LogP contribution is -2.47. The third-order valence-electron chi connectivity index (χ3n) is 8.13. The molecule has 0 spiro atoms. The highest BCUT2D eigenvalue weighted by molar-refractivity contribution is 7.13. The summed E-state index contributed by atoms with van der Waals surface area (Å²) in [5, 5.41) is 22.0. The minimum Gasteiger partial charge on any atom is -0.388 e. The summed E-state index contributed by atoms with van der Waals surface area (Å²) in [6.07, 6.45) is 2.65. The Morgan fingerprint density at radius 3 is 2.48 bits per heavy atom. The third-order valence-corrected chi connectivity index (χ3v) is 9.58. The van der Waals surface area contributed by atoms with Gasteiger partial charge in [-0.05, 0) is 66.6 Å². The van der Waals surface area contributed by atoms with Gasteiger partial charge in [-0.25, -0.2) is 4.98 Å². The Hall–Kier alpha value is -3.34. The van der Waals surface area contributed by atoms with E-state index < -0.39 is 5.60 Å². The fourth-order valence-electron chi connectivity index (χ4n) is 5.77. The molecule has 0 amide bonds. The topological polar surface area (TPSA) is 88.2 Å². The van der Waals surface area contributed by atoms with Crippen molar-refractivity contribution in [3.8, 4) is 21.7 Å². The summed E-state index contributed by atoms with van der Waals surface area (Å²) in [4.78, 5) is 21.6. The smallest absolute Gasteiger partial charge is 0.281 e. The van der Waals surface area contributed by atoms with Crippen LogP contribution in [-0.4, -0.2) is 55.1 Å². The van der Waals surface area contributed by atoms with Crippen LogP contribution in [0, 0.1) is 6.92 Å². The van der Waals surface area contributed by atoms with Gasteiger partial charge in [0.1, 0.15) is 5.52 Å². The molecule has 0 unspecified atom stereocenters. The minimum absolute atomic E-state index is 0.183. The van der Waals surface area contributed by atoms with Crippen LogP contribution < -0.4 is 10.9 Å². The minimum atomic E-state index is -0.999. The van der Waals surface area contributed by atoms with Gasteiger partial charge in [-0.2, -0.15) is 5.10 Å². The average molecular weight is 603 g/mol. The third kappa shape index (κ3) is 5.80. The van der Waals surface area contributed by atoms with Crippen molar-refractivity contribution in [2.75, 3.05) is 20.1 Å². The first-order valence-electron chi connectivity index (χ1n) is 14.2. The number of rotatable bonds is 8. The van der Waals surface area contributed by atoms with Crippen molar-refractivity contribution in [3.63, 3.8) is 0 Å². The fraction of sp³-hybridized carbons (Fsp3) is 0.344. The predicted octanol–water partition coefficient (Wildman–Crippen LogP) is 5.23. The Morgan fingerprint density at radius 1 is 1.07 bits per heavy atom. The number of aryl methyl sites for hydroxylation is 2. The highest BCUT2D eigenvalue weighted by Crippen LogP contribution is 2.32. The molecular formula is C32H35ClN6O2S. The molecule has 2 N–H and O–H groups in total. The number of aromatic nitrogens is 4. The van der Waals surface area contributed by atoms with E-state index in [-0.39, 0.29) is 12.1 Å². The molecule has 42 heavy (non-hydrogen) atoms. The molecule has 4 heterocycles. The zero-order valence-electron chi connectivity index (χ0n) is 24.1. The van der Waals surface area contributed by atoms with Crippen molar-refractivity contribution < 1.29 is 5.11 Å². The average Bonchev–Trinajstić information content (AvgIpc) is 3.56. The molecule has 5 aromatic rings. The van der Waals surface area contributed by atoms with Gasteiger partial charge in [-0.3, -0.25) is 18.9 Å². The molecule has 0 atom stereocenters. The van der Waals surface area contributed by atoms with Crippen LogP contribution in [0.5, 0.6) is 0 Å². The maximum atomic E-state index is 13.5. The van der Waals surface area contributed by atoms with E-state index in [2.05, 4.69) is 62.9 Å². The maximum Gasteiger partial charge on any atom is 0.281 e. The normalized spacial score (nSPS) is 15.5. The van der Waals surface area contributed by atoms with Crippen LogP contribution in [0.15, 0.2) is 65.0 Å². The first kappa shape index (κ1) is 28.8. The van der Waals surface area contributed by atoms with Crippen molar-refractivity contribution in [2.24, 2.45) is 7.05 Å². The van der Waals surface area contributed by atoms with Gasteiger partial charge < -0.3 is 10.4 Å². The summed E-state index contributed by atoms with van der Waals surface area (Å²) in [7, 11) is 3.74. The molecule has 218 valence electrons. The zero-order valence-corrected chi connectivity index (χ0v) is 25.7. The van der Waals surface area contributed by atoms with Crippen molar-refractivity contribution >= 4 is 34.0 Å². The van der Waals surface area contributed by atoms with Crippen LogP contribution in [0.25, 0.3) is 32.7 Å². The Balaban J connectivity index is 1.13. The number of halogens is 1. The Bertz CT molecular complexity index is 1780. The van der Waals surface area contributed by atoms with E-state index in [1.807, 2.05) is 32.3 Å². The highest BCUT2D eigenvalue weighted by Gasteiger charge is 2.33. The second kappa shape index (κ2) is 11.7. The highest BCUT2D eigenvalue weighted by atomic mass is 35.5.